The Balaban J connectivity index is 2.30. The van der Waals surface area contributed by atoms with Crippen molar-refractivity contribution in [3.63, 3.8) is 0 Å². The van der Waals surface area contributed by atoms with Gasteiger partial charge in [0.05, 0.1) is 5.56 Å². The van der Waals surface area contributed by atoms with Gasteiger partial charge in [0.25, 0.3) is 0 Å². The van der Waals surface area contributed by atoms with Crippen LogP contribution < -0.4 is 0 Å². The molecule has 1 aromatic heterocycles. The van der Waals surface area contributed by atoms with Crippen molar-refractivity contribution in [3.8, 4) is 0 Å². The summed E-state index contributed by atoms with van der Waals surface area (Å²) in [4.78, 5) is 17.2. The smallest absolute Gasteiger partial charge is 0.335 e. The van der Waals surface area contributed by atoms with Gasteiger partial charge in [-0.1, -0.05) is 17.8 Å². The third kappa shape index (κ3) is 2.90. The first-order valence-corrected chi connectivity index (χ1v) is 6.32. The number of hydrogen-bond donors (Lipinski definition) is 1. The van der Waals surface area contributed by atoms with Crippen LogP contribution in [0.3, 0.4) is 0 Å². The molecule has 2 aromatic rings. The van der Waals surface area contributed by atoms with Crippen LogP contribution in [0.1, 0.15) is 21.6 Å². The summed E-state index contributed by atoms with van der Waals surface area (Å²) in [5, 5.41) is 9.08. The highest BCUT2D eigenvalue weighted by Gasteiger charge is 2.08. The van der Waals surface area contributed by atoms with Crippen LogP contribution in [0.25, 0.3) is 0 Å². The summed E-state index contributed by atoms with van der Waals surface area (Å²) in [6.07, 6.45) is 1.75. The Morgan fingerprint density at radius 1 is 1.17 bits per heavy atom. The average Bonchev–Trinajstić information content (AvgIpc) is 2.31. The Morgan fingerprint density at radius 2 is 1.89 bits per heavy atom. The number of pyridine rings is 1. The minimum atomic E-state index is -0.888. The van der Waals surface area contributed by atoms with Gasteiger partial charge in [-0.25, -0.2) is 4.79 Å². The van der Waals surface area contributed by atoms with E-state index < -0.39 is 5.97 Å². The Bertz CT molecular complexity index is 596. The van der Waals surface area contributed by atoms with Gasteiger partial charge in [0.1, 0.15) is 0 Å². The predicted octanol–water partition coefficient (Wildman–Crippen LogP) is 3.55. The quantitative estimate of drug-likeness (QED) is 0.915. The molecule has 0 aliphatic rings. The van der Waals surface area contributed by atoms with Crippen LogP contribution in [-0.4, -0.2) is 16.1 Å². The van der Waals surface area contributed by atoms with Crippen molar-refractivity contribution in [2.45, 2.75) is 23.6 Å². The van der Waals surface area contributed by atoms with Gasteiger partial charge in [-0.05, 0) is 43.7 Å². The van der Waals surface area contributed by atoms with Gasteiger partial charge < -0.3 is 5.11 Å². The van der Waals surface area contributed by atoms with Crippen LogP contribution >= 0.6 is 11.8 Å². The van der Waals surface area contributed by atoms with E-state index in [1.165, 1.54) is 11.8 Å². The highest BCUT2D eigenvalue weighted by molar-refractivity contribution is 7.99. The van der Waals surface area contributed by atoms with Crippen molar-refractivity contribution in [1.82, 2.24) is 4.98 Å². The predicted molar refractivity (Wildman–Crippen MR) is 71.2 cm³/mol. The number of carbonyl (C=O) groups is 1. The lowest BCUT2D eigenvalue weighted by Gasteiger charge is -2.05. The zero-order valence-corrected chi connectivity index (χ0v) is 11.0. The summed E-state index contributed by atoms with van der Waals surface area (Å²) < 4.78 is 0. The summed E-state index contributed by atoms with van der Waals surface area (Å²) in [7, 11) is 0. The lowest BCUT2D eigenvalue weighted by atomic mass is 10.1. The Hall–Kier alpha value is -1.81. The Morgan fingerprint density at radius 3 is 2.56 bits per heavy atom. The number of aromatic nitrogens is 1. The van der Waals surface area contributed by atoms with Crippen molar-refractivity contribution >= 4 is 17.7 Å². The van der Waals surface area contributed by atoms with Gasteiger partial charge in [-0.3, -0.25) is 4.98 Å². The maximum Gasteiger partial charge on any atom is 0.335 e. The monoisotopic (exact) mass is 259 g/mol. The molecule has 4 heteroatoms. The summed E-state index contributed by atoms with van der Waals surface area (Å²) >= 11 is 1.54. The number of aryl methyl sites for hydroxylation is 2. The first-order valence-electron chi connectivity index (χ1n) is 5.51. The number of benzene rings is 1. The summed E-state index contributed by atoms with van der Waals surface area (Å²) in [5.74, 6) is -0.888. The Kier molecular flexibility index (Phi) is 3.67. The highest BCUT2D eigenvalue weighted by atomic mass is 32.2. The molecule has 3 nitrogen and oxygen atoms in total. The fourth-order valence-corrected chi connectivity index (χ4v) is 2.56. The maximum absolute atomic E-state index is 11.1. The van der Waals surface area contributed by atoms with Crippen LogP contribution in [0.4, 0.5) is 0 Å². The summed E-state index contributed by atoms with van der Waals surface area (Å²) in [6, 6.07) is 9.36. The van der Waals surface area contributed by atoms with E-state index in [4.69, 9.17) is 5.11 Å². The van der Waals surface area contributed by atoms with Gasteiger partial charge in [-0.2, -0.15) is 0 Å². The van der Waals surface area contributed by atoms with Crippen molar-refractivity contribution < 1.29 is 9.90 Å². The third-order valence-electron chi connectivity index (χ3n) is 2.54. The van der Waals surface area contributed by atoms with Crippen LogP contribution in [-0.2, 0) is 0 Å². The minimum absolute atomic E-state index is 0.353. The molecule has 0 unspecified atom stereocenters. The lowest BCUT2D eigenvalue weighted by molar-refractivity contribution is 0.0696. The van der Waals surface area contributed by atoms with E-state index in [2.05, 4.69) is 4.98 Å². The second-order valence-electron chi connectivity index (χ2n) is 4.02. The molecule has 0 aliphatic heterocycles. The van der Waals surface area contributed by atoms with Gasteiger partial charge >= 0.3 is 5.97 Å². The number of carboxylic acids is 1. The molecule has 0 amide bonds. The molecule has 18 heavy (non-hydrogen) atoms. The molecule has 0 radical (unpaired) electrons. The van der Waals surface area contributed by atoms with Crippen molar-refractivity contribution in [2.24, 2.45) is 0 Å². The molecule has 0 saturated heterocycles. The van der Waals surface area contributed by atoms with E-state index in [9.17, 15) is 4.79 Å². The first-order chi connectivity index (χ1) is 8.56. The van der Waals surface area contributed by atoms with Crippen LogP contribution in [0, 0.1) is 13.8 Å². The van der Waals surface area contributed by atoms with Crippen LogP contribution in [0.2, 0.25) is 0 Å². The largest absolute Gasteiger partial charge is 0.478 e. The lowest BCUT2D eigenvalue weighted by Crippen LogP contribution is -1.99. The third-order valence-corrected chi connectivity index (χ3v) is 3.52. The zero-order chi connectivity index (χ0) is 13.1. The van der Waals surface area contributed by atoms with Gasteiger partial charge in [0.15, 0.2) is 0 Å². The molecular weight excluding hydrogens is 246 g/mol. The number of hydrogen-bond acceptors (Lipinski definition) is 3. The van der Waals surface area contributed by atoms with E-state index in [1.807, 2.05) is 31.2 Å². The number of rotatable bonds is 3. The molecule has 0 fully saturated rings. The molecular formula is C14H13NO2S. The molecule has 2 rings (SSSR count). The second kappa shape index (κ2) is 5.23. The van der Waals surface area contributed by atoms with Crippen LogP contribution in [0.5, 0.6) is 0 Å². The van der Waals surface area contributed by atoms with E-state index in [0.717, 1.165) is 21.0 Å². The van der Waals surface area contributed by atoms with Crippen molar-refractivity contribution in [3.05, 3.63) is 53.3 Å². The SMILES string of the molecule is Cc1cc(Sc2ccc(C)c(C(=O)O)c2)ccn1. The average molecular weight is 259 g/mol. The fourth-order valence-electron chi connectivity index (χ4n) is 1.61. The van der Waals surface area contributed by atoms with Gasteiger partial charge in [0.2, 0.25) is 0 Å². The second-order valence-corrected chi connectivity index (χ2v) is 5.16. The topological polar surface area (TPSA) is 50.2 Å². The molecule has 0 spiro atoms. The van der Waals surface area contributed by atoms with E-state index in [1.54, 1.807) is 19.2 Å². The molecule has 1 heterocycles. The normalized spacial score (nSPS) is 10.3. The molecule has 92 valence electrons. The van der Waals surface area contributed by atoms with E-state index in [0.29, 0.717) is 5.56 Å². The fraction of sp³-hybridized carbons (Fsp3) is 0.143. The standard InChI is InChI=1S/C14H13NO2S/c1-9-3-4-11(8-13(9)14(16)17)18-12-5-6-15-10(2)7-12/h3-8H,1-2H3,(H,16,17). The number of carboxylic acid groups (broad SMARTS) is 1. The molecule has 0 bridgehead atoms. The molecule has 0 atom stereocenters. The highest BCUT2D eigenvalue weighted by Crippen LogP contribution is 2.29. The molecule has 0 aliphatic carbocycles. The number of aromatic carboxylic acids is 1. The number of nitrogens with zero attached hydrogens (tertiary/aromatic N) is 1. The molecule has 1 aromatic carbocycles. The molecule has 0 saturated carbocycles. The summed E-state index contributed by atoms with van der Waals surface area (Å²) in [6.45, 7) is 3.73. The van der Waals surface area contributed by atoms with Gasteiger partial charge in [-0.15, -0.1) is 0 Å². The maximum atomic E-state index is 11.1. The zero-order valence-electron chi connectivity index (χ0n) is 10.2. The van der Waals surface area contributed by atoms with E-state index in [-0.39, 0.29) is 0 Å². The molecule has 1 N–H and O–H groups in total. The van der Waals surface area contributed by atoms with Crippen LogP contribution in [0.15, 0.2) is 46.3 Å². The Labute approximate surface area is 110 Å². The van der Waals surface area contributed by atoms with E-state index >= 15 is 0 Å². The van der Waals surface area contributed by atoms with Crippen molar-refractivity contribution in [1.29, 1.82) is 0 Å². The first kappa shape index (κ1) is 12.6. The summed E-state index contributed by atoms with van der Waals surface area (Å²) in [5.41, 5.74) is 2.08. The minimum Gasteiger partial charge on any atom is -0.478 e. The van der Waals surface area contributed by atoms with Gasteiger partial charge in [0, 0.05) is 21.7 Å². The van der Waals surface area contributed by atoms with Crippen molar-refractivity contribution in [2.75, 3.05) is 0 Å².